The van der Waals surface area contributed by atoms with E-state index in [-0.39, 0.29) is 23.8 Å². The number of amides is 2. The van der Waals surface area contributed by atoms with Crippen molar-refractivity contribution in [1.82, 2.24) is 19.8 Å². The Morgan fingerprint density at radius 3 is 2.65 bits per heavy atom. The number of aromatic nitrogens is 2. The van der Waals surface area contributed by atoms with Crippen molar-refractivity contribution >= 4 is 11.8 Å². The third kappa shape index (κ3) is 3.20. The summed E-state index contributed by atoms with van der Waals surface area (Å²) in [4.78, 5) is 35.6. The van der Waals surface area contributed by atoms with Crippen LogP contribution in [0.5, 0.6) is 11.8 Å². The van der Waals surface area contributed by atoms with Crippen molar-refractivity contribution in [3.05, 3.63) is 12.4 Å². The van der Waals surface area contributed by atoms with Crippen LogP contribution in [-0.2, 0) is 9.59 Å². The predicted octanol–water partition coefficient (Wildman–Crippen LogP) is -0.0568. The van der Waals surface area contributed by atoms with Crippen molar-refractivity contribution in [3.63, 3.8) is 0 Å². The molecule has 3 heterocycles. The van der Waals surface area contributed by atoms with Crippen LogP contribution in [0.4, 0.5) is 0 Å². The summed E-state index contributed by atoms with van der Waals surface area (Å²) in [6.45, 7) is 1.62. The Labute approximate surface area is 134 Å². The maximum Gasteiger partial charge on any atom is 0.278 e. The van der Waals surface area contributed by atoms with Gasteiger partial charge in [-0.15, -0.1) is 0 Å². The Morgan fingerprint density at radius 1 is 1.26 bits per heavy atom. The van der Waals surface area contributed by atoms with Crippen LogP contribution in [0.1, 0.15) is 12.8 Å². The SMILES string of the molecule is COc1nccnc1O[C@H]1CCN(C(=O)[C@H]2CC(=O)N(C)C2)C1. The van der Waals surface area contributed by atoms with Gasteiger partial charge in [-0.2, -0.15) is 0 Å². The molecule has 2 fully saturated rings. The van der Waals surface area contributed by atoms with Crippen LogP contribution < -0.4 is 9.47 Å². The number of rotatable bonds is 4. The van der Waals surface area contributed by atoms with E-state index in [1.807, 2.05) is 0 Å². The molecule has 8 nitrogen and oxygen atoms in total. The molecule has 2 amide bonds. The second-order valence-corrected chi connectivity index (χ2v) is 5.86. The molecule has 3 rings (SSSR count). The first-order valence-electron chi connectivity index (χ1n) is 7.63. The van der Waals surface area contributed by atoms with Crippen molar-refractivity contribution < 1.29 is 19.1 Å². The first kappa shape index (κ1) is 15.5. The first-order chi connectivity index (χ1) is 11.1. The van der Waals surface area contributed by atoms with E-state index in [0.29, 0.717) is 37.8 Å². The molecule has 0 unspecified atom stereocenters. The molecule has 0 aromatic carbocycles. The van der Waals surface area contributed by atoms with Crippen LogP contribution in [0.25, 0.3) is 0 Å². The molecule has 1 aromatic rings. The number of carbonyl (C=O) groups excluding carboxylic acids is 2. The fourth-order valence-electron chi connectivity index (χ4n) is 3.00. The minimum Gasteiger partial charge on any atom is -0.477 e. The summed E-state index contributed by atoms with van der Waals surface area (Å²) in [7, 11) is 3.24. The van der Waals surface area contributed by atoms with Crippen LogP contribution in [-0.4, -0.2) is 71.5 Å². The zero-order valence-corrected chi connectivity index (χ0v) is 13.3. The molecule has 0 N–H and O–H groups in total. The molecule has 0 saturated carbocycles. The molecule has 1 aromatic heterocycles. The van der Waals surface area contributed by atoms with Gasteiger partial charge in [0.25, 0.3) is 11.8 Å². The molecule has 2 aliphatic rings. The summed E-state index contributed by atoms with van der Waals surface area (Å²) in [6, 6.07) is 0. The van der Waals surface area contributed by atoms with Crippen LogP contribution in [0.2, 0.25) is 0 Å². The topological polar surface area (TPSA) is 84.9 Å². The van der Waals surface area contributed by atoms with E-state index in [2.05, 4.69) is 9.97 Å². The van der Waals surface area contributed by atoms with Gasteiger partial charge in [-0.3, -0.25) is 9.59 Å². The van der Waals surface area contributed by atoms with Gasteiger partial charge in [0.2, 0.25) is 11.8 Å². The normalized spacial score (nSPS) is 24.2. The maximum absolute atomic E-state index is 12.5. The minimum atomic E-state index is -0.239. The molecule has 0 radical (unpaired) electrons. The molecule has 8 heteroatoms. The van der Waals surface area contributed by atoms with Gasteiger partial charge < -0.3 is 19.3 Å². The molecular weight excluding hydrogens is 300 g/mol. The summed E-state index contributed by atoms with van der Waals surface area (Å²) in [5, 5.41) is 0. The van der Waals surface area contributed by atoms with Crippen molar-refractivity contribution in [2.24, 2.45) is 5.92 Å². The van der Waals surface area contributed by atoms with E-state index in [1.54, 1.807) is 16.8 Å². The Hall–Kier alpha value is -2.38. The van der Waals surface area contributed by atoms with Crippen LogP contribution in [0.3, 0.4) is 0 Å². The lowest BCUT2D eigenvalue weighted by atomic mass is 10.1. The van der Waals surface area contributed by atoms with E-state index in [1.165, 1.54) is 19.5 Å². The number of hydrogen-bond donors (Lipinski definition) is 0. The zero-order chi connectivity index (χ0) is 16.4. The number of likely N-dealkylation sites (tertiary alicyclic amines) is 2. The number of ether oxygens (including phenoxy) is 2. The van der Waals surface area contributed by atoms with Gasteiger partial charge in [0.05, 0.1) is 19.6 Å². The zero-order valence-electron chi connectivity index (χ0n) is 13.3. The van der Waals surface area contributed by atoms with E-state index in [9.17, 15) is 9.59 Å². The minimum absolute atomic E-state index is 0.0274. The largest absolute Gasteiger partial charge is 0.477 e. The third-order valence-electron chi connectivity index (χ3n) is 4.25. The van der Waals surface area contributed by atoms with Gasteiger partial charge in [-0.1, -0.05) is 0 Å². The molecule has 23 heavy (non-hydrogen) atoms. The van der Waals surface area contributed by atoms with Crippen molar-refractivity contribution in [2.75, 3.05) is 33.8 Å². The van der Waals surface area contributed by atoms with Crippen molar-refractivity contribution in [2.45, 2.75) is 18.9 Å². The highest BCUT2D eigenvalue weighted by Crippen LogP contribution is 2.26. The van der Waals surface area contributed by atoms with E-state index in [4.69, 9.17) is 9.47 Å². The van der Waals surface area contributed by atoms with Crippen LogP contribution >= 0.6 is 0 Å². The van der Waals surface area contributed by atoms with Gasteiger partial charge in [-0.25, -0.2) is 9.97 Å². The second kappa shape index (κ2) is 6.39. The summed E-state index contributed by atoms with van der Waals surface area (Å²) < 4.78 is 10.9. The summed E-state index contributed by atoms with van der Waals surface area (Å²) in [5.74, 6) is 0.488. The Kier molecular flexibility index (Phi) is 4.31. The summed E-state index contributed by atoms with van der Waals surface area (Å²) in [6.07, 6.45) is 3.95. The van der Waals surface area contributed by atoms with Crippen molar-refractivity contribution in [1.29, 1.82) is 0 Å². The second-order valence-electron chi connectivity index (χ2n) is 5.86. The fraction of sp³-hybridized carbons (Fsp3) is 0.600. The average molecular weight is 320 g/mol. The predicted molar refractivity (Wildman–Crippen MR) is 79.9 cm³/mol. The molecule has 0 spiro atoms. The lowest BCUT2D eigenvalue weighted by Gasteiger charge is -2.20. The standard InChI is InChI=1S/C15H20N4O4/c1-18-8-10(7-12(18)20)15(21)19-6-3-11(9-19)23-14-13(22-2)16-4-5-17-14/h4-5,10-11H,3,6-9H2,1-2H3/t10-,11-/m0/s1. The van der Waals surface area contributed by atoms with Gasteiger partial charge in [-0.05, 0) is 0 Å². The lowest BCUT2D eigenvalue weighted by Crippen LogP contribution is -2.36. The molecule has 124 valence electrons. The maximum atomic E-state index is 12.5. The molecule has 2 aliphatic heterocycles. The highest BCUT2D eigenvalue weighted by molar-refractivity contribution is 5.89. The molecule has 0 bridgehead atoms. The summed E-state index contributed by atoms with van der Waals surface area (Å²) in [5.41, 5.74) is 0. The van der Waals surface area contributed by atoms with Gasteiger partial charge in [0.1, 0.15) is 6.10 Å². The molecule has 2 saturated heterocycles. The smallest absolute Gasteiger partial charge is 0.278 e. The molecule has 0 aliphatic carbocycles. The van der Waals surface area contributed by atoms with Gasteiger partial charge in [0.15, 0.2) is 0 Å². The number of nitrogens with zero attached hydrogens (tertiary/aromatic N) is 4. The van der Waals surface area contributed by atoms with E-state index in [0.717, 1.165) is 6.42 Å². The van der Waals surface area contributed by atoms with Crippen LogP contribution in [0.15, 0.2) is 12.4 Å². The molecule has 2 atom stereocenters. The lowest BCUT2D eigenvalue weighted by molar-refractivity contribution is -0.135. The van der Waals surface area contributed by atoms with E-state index < -0.39 is 0 Å². The number of carbonyl (C=O) groups is 2. The average Bonchev–Trinajstić information content (AvgIpc) is 3.15. The molecular formula is C15H20N4O4. The number of methoxy groups -OCH3 is 1. The highest BCUT2D eigenvalue weighted by atomic mass is 16.5. The van der Waals surface area contributed by atoms with Crippen LogP contribution in [0, 0.1) is 5.92 Å². The Balaban J connectivity index is 1.58. The third-order valence-corrected chi connectivity index (χ3v) is 4.25. The van der Waals surface area contributed by atoms with Crippen molar-refractivity contribution in [3.8, 4) is 11.8 Å². The fourth-order valence-corrected chi connectivity index (χ4v) is 3.00. The first-order valence-corrected chi connectivity index (χ1v) is 7.63. The number of hydrogen-bond acceptors (Lipinski definition) is 6. The quantitative estimate of drug-likeness (QED) is 0.773. The Morgan fingerprint density at radius 2 is 2.00 bits per heavy atom. The monoisotopic (exact) mass is 320 g/mol. The van der Waals surface area contributed by atoms with E-state index >= 15 is 0 Å². The summed E-state index contributed by atoms with van der Waals surface area (Å²) >= 11 is 0. The van der Waals surface area contributed by atoms with Gasteiger partial charge >= 0.3 is 0 Å². The van der Waals surface area contributed by atoms with Gasteiger partial charge in [0, 0.05) is 45.4 Å². The highest BCUT2D eigenvalue weighted by Gasteiger charge is 2.37. The Bertz CT molecular complexity index is 609.